The zero-order chi connectivity index (χ0) is 12.7. The van der Waals surface area contributed by atoms with Gasteiger partial charge in [0.25, 0.3) is 0 Å². The second-order valence-electron chi connectivity index (χ2n) is 5.96. The summed E-state index contributed by atoms with van der Waals surface area (Å²) < 4.78 is 0. The lowest BCUT2D eigenvalue weighted by Crippen LogP contribution is -2.14. The van der Waals surface area contributed by atoms with Crippen molar-refractivity contribution in [2.75, 3.05) is 0 Å². The molecule has 0 aromatic rings. The lowest BCUT2D eigenvalue weighted by molar-refractivity contribution is 0.356. The molecule has 1 atom stereocenters. The molecule has 0 aliphatic heterocycles. The van der Waals surface area contributed by atoms with E-state index in [1.54, 1.807) is 0 Å². The Balaban J connectivity index is 4.23. The zero-order valence-electron chi connectivity index (χ0n) is 12.1. The molecule has 0 rings (SSSR count). The maximum atomic E-state index is 4.30. The van der Waals surface area contributed by atoms with Crippen LogP contribution in [0.15, 0.2) is 23.8 Å². The third-order valence-corrected chi connectivity index (χ3v) is 3.07. The van der Waals surface area contributed by atoms with Crippen LogP contribution in [0.4, 0.5) is 0 Å². The lowest BCUT2D eigenvalue weighted by atomic mass is 9.81. The van der Waals surface area contributed by atoms with Crippen LogP contribution in [0.5, 0.6) is 0 Å². The third kappa shape index (κ3) is 6.87. The predicted molar refractivity (Wildman–Crippen MR) is 75.6 cm³/mol. The van der Waals surface area contributed by atoms with Crippen molar-refractivity contribution >= 4 is 0 Å². The molecule has 94 valence electrons. The minimum absolute atomic E-state index is 0.700. The summed E-state index contributed by atoms with van der Waals surface area (Å²) in [5, 5.41) is 0. The van der Waals surface area contributed by atoms with E-state index in [0.717, 1.165) is 24.7 Å². The Morgan fingerprint density at radius 2 is 1.69 bits per heavy atom. The van der Waals surface area contributed by atoms with Crippen molar-refractivity contribution in [1.82, 2.24) is 0 Å². The summed E-state index contributed by atoms with van der Waals surface area (Å²) in [6.45, 7) is 17.9. The maximum Gasteiger partial charge on any atom is -0.0180 e. The molecule has 0 aliphatic carbocycles. The summed E-state index contributed by atoms with van der Waals surface area (Å²) in [5.41, 5.74) is 2.86. The molecule has 0 saturated carbocycles. The van der Waals surface area contributed by atoms with E-state index in [-0.39, 0.29) is 0 Å². The highest BCUT2D eigenvalue weighted by Crippen LogP contribution is 2.29. The van der Waals surface area contributed by atoms with Crippen LogP contribution in [0, 0.1) is 17.8 Å². The number of rotatable bonds is 7. The number of hydrogen-bond acceptors (Lipinski definition) is 0. The summed E-state index contributed by atoms with van der Waals surface area (Å²) in [6, 6.07) is 0. The standard InChI is InChI=1S/C16H30/c1-12(2)9-8-10-15(7)16(14(5)6)11-13(3)4/h9,13-14,16H,7-8,10-11H2,1-6H3. The molecule has 0 heterocycles. The maximum absolute atomic E-state index is 4.30. The zero-order valence-corrected chi connectivity index (χ0v) is 12.1. The van der Waals surface area contributed by atoms with Crippen molar-refractivity contribution in [2.45, 2.75) is 60.8 Å². The van der Waals surface area contributed by atoms with E-state index < -0.39 is 0 Å². The first kappa shape index (κ1) is 15.5. The SMILES string of the molecule is C=C(CCC=C(C)C)C(CC(C)C)C(C)C. The molecule has 0 spiro atoms. The van der Waals surface area contributed by atoms with Crippen molar-refractivity contribution in [2.24, 2.45) is 17.8 Å². The van der Waals surface area contributed by atoms with Crippen LogP contribution in [0.1, 0.15) is 60.8 Å². The van der Waals surface area contributed by atoms with Crippen LogP contribution in [-0.2, 0) is 0 Å². The largest absolute Gasteiger partial charge is 0.0996 e. The monoisotopic (exact) mass is 222 g/mol. The second-order valence-corrected chi connectivity index (χ2v) is 5.96. The topological polar surface area (TPSA) is 0 Å². The molecule has 0 N–H and O–H groups in total. The van der Waals surface area contributed by atoms with E-state index in [1.807, 2.05) is 0 Å². The molecule has 0 fully saturated rings. The fourth-order valence-corrected chi connectivity index (χ4v) is 2.15. The third-order valence-electron chi connectivity index (χ3n) is 3.07. The van der Waals surface area contributed by atoms with Crippen molar-refractivity contribution in [1.29, 1.82) is 0 Å². The van der Waals surface area contributed by atoms with Gasteiger partial charge in [0.05, 0.1) is 0 Å². The van der Waals surface area contributed by atoms with Gasteiger partial charge in [0.1, 0.15) is 0 Å². The highest BCUT2D eigenvalue weighted by Gasteiger charge is 2.17. The van der Waals surface area contributed by atoms with E-state index in [4.69, 9.17) is 0 Å². The van der Waals surface area contributed by atoms with Gasteiger partial charge < -0.3 is 0 Å². The summed E-state index contributed by atoms with van der Waals surface area (Å²) in [6.07, 6.45) is 5.91. The normalized spacial score (nSPS) is 13.0. The first-order chi connectivity index (χ1) is 7.34. The average Bonchev–Trinajstić information content (AvgIpc) is 2.12. The number of hydrogen-bond donors (Lipinski definition) is 0. The number of allylic oxidation sites excluding steroid dienone is 3. The van der Waals surface area contributed by atoms with Crippen molar-refractivity contribution in [3.63, 3.8) is 0 Å². The van der Waals surface area contributed by atoms with E-state index >= 15 is 0 Å². The Morgan fingerprint density at radius 3 is 2.06 bits per heavy atom. The highest BCUT2D eigenvalue weighted by atomic mass is 14.2. The Morgan fingerprint density at radius 1 is 1.12 bits per heavy atom. The van der Waals surface area contributed by atoms with Crippen LogP contribution >= 0.6 is 0 Å². The van der Waals surface area contributed by atoms with E-state index in [0.29, 0.717) is 5.92 Å². The lowest BCUT2D eigenvalue weighted by Gasteiger charge is -2.25. The van der Waals surface area contributed by atoms with Crippen molar-refractivity contribution in [3.8, 4) is 0 Å². The van der Waals surface area contributed by atoms with Gasteiger partial charge in [-0.2, -0.15) is 0 Å². The van der Waals surface area contributed by atoms with Crippen LogP contribution in [0.3, 0.4) is 0 Å². The van der Waals surface area contributed by atoms with E-state index in [2.05, 4.69) is 54.2 Å². The molecule has 0 aliphatic rings. The summed E-state index contributed by atoms with van der Waals surface area (Å²) in [7, 11) is 0. The van der Waals surface area contributed by atoms with Gasteiger partial charge in [0.2, 0.25) is 0 Å². The van der Waals surface area contributed by atoms with Gasteiger partial charge in [-0.15, -0.1) is 0 Å². The molecule has 0 bridgehead atoms. The molecule has 0 heteroatoms. The van der Waals surface area contributed by atoms with Crippen molar-refractivity contribution < 1.29 is 0 Å². The van der Waals surface area contributed by atoms with E-state index in [9.17, 15) is 0 Å². The molecule has 16 heavy (non-hydrogen) atoms. The Bertz CT molecular complexity index is 226. The fourth-order valence-electron chi connectivity index (χ4n) is 2.15. The van der Waals surface area contributed by atoms with Crippen molar-refractivity contribution in [3.05, 3.63) is 23.8 Å². The molecule has 0 radical (unpaired) electrons. The molecule has 0 aromatic heterocycles. The molecule has 0 nitrogen and oxygen atoms in total. The predicted octanol–water partition coefficient (Wildman–Crippen LogP) is 5.61. The highest BCUT2D eigenvalue weighted by molar-refractivity contribution is 5.05. The first-order valence-corrected chi connectivity index (χ1v) is 6.65. The molecule has 1 unspecified atom stereocenters. The minimum Gasteiger partial charge on any atom is -0.0996 e. The molecule has 0 saturated heterocycles. The van der Waals surface area contributed by atoms with E-state index in [1.165, 1.54) is 17.6 Å². The van der Waals surface area contributed by atoms with Crippen LogP contribution < -0.4 is 0 Å². The van der Waals surface area contributed by atoms with Gasteiger partial charge in [-0.05, 0) is 50.9 Å². The van der Waals surface area contributed by atoms with Crippen LogP contribution in [0.25, 0.3) is 0 Å². The van der Waals surface area contributed by atoms with Gasteiger partial charge in [0, 0.05) is 0 Å². The minimum atomic E-state index is 0.700. The van der Waals surface area contributed by atoms with Crippen LogP contribution in [-0.4, -0.2) is 0 Å². The molecular formula is C16H30. The first-order valence-electron chi connectivity index (χ1n) is 6.65. The summed E-state index contributed by atoms with van der Waals surface area (Å²) >= 11 is 0. The molecule has 0 amide bonds. The van der Waals surface area contributed by atoms with Gasteiger partial charge in [0.15, 0.2) is 0 Å². The smallest absolute Gasteiger partial charge is 0.0180 e. The Labute approximate surface area is 103 Å². The molecule has 0 aromatic carbocycles. The quantitative estimate of drug-likeness (QED) is 0.491. The summed E-state index contributed by atoms with van der Waals surface area (Å²) in [5.74, 6) is 2.19. The van der Waals surface area contributed by atoms with Gasteiger partial charge in [-0.3, -0.25) is 0 Å². The second kappa shape index (κ2) is 7.70. The van der Waals surface area contributed by atoms with Crippen LogP contribution in [0.2, 0.25) is 0 Å². The van der Waals surface area contributed by atoms with Gasteiger partial charge >= 0.3 is 0 Å². The molecular weight excluding hydrogens is 192 g/mol. The fraction of sp³-hybridized carbons (Fsp3) is 0.750. The average molecular weight is 222 g/mol. The Hall–Kier alpha value is -0.520. The Kier molecular flexibility index (Phi) is 7.45. The summed E-state index contributed by atoms with van der Waals surface area (Å²) in [4.78, 5) is 0. The van der Waals surface area contributed by atoms with Gasteiger partial charge in [-0.25, -0.2) is 0 Å². The van der Waals surface area contributed by atoms with Gasteiger partial charge in [-0.1, -0.05) is 51.5 Å².